The molecule has 1 aliphatic rings. The lowest BCUT2D eigenvalue weighted by Crippen LogP contribution is -2.34. The van der Waals surface area contributed by atoms with E-state index in [-0.39, 0.29) is 30.6 Å². The highest BCUT2D eigenvalue weighted by molar-refractivity contribution is 6.05. The Morgan fingerprint density at radius 3 is 2.40 bits per heavy atom. The smallest absolute Gasteiger partial charge is 0.303 e. The van der Waals surface area contributed by atoms with Gasteiger partial charge >= 0.3 is 5.97 Å². The SMILES string of the molecule is CCCC(CCC(=O)O)CCN1C(=O)CC(C)(C)C1=O. The summed E-state index contributed by atoms with van der Waals surface area (Å²) < 4.78 is 0. The van der Waals surface area contributed by atoms with Gasteiger partial charge in [0.15, 0.2) is 0 Å². The average Bonchev–Trinajstić information content (AvgIpc) is 2.53. The zero-order chi connectivity index (χ0) is 15.3. The van der Waals surface area contributed by atoms with Gasteiger partial charge in [-0.15, -0.1) is 0 Å². The van der Waals surface area contributed by atoms with E-state index in [2.05, 4.69) is 6.92 Å². The molecular formula is C15H25NO4. The highest BCUT2D eigenvalue weighted by Crippen LogP contribution is 2.32. The van der Waals surface area contributed by atoms with Crippen LogP contribution >= 0.6 is 0 Å². The van der Waals surface area contributed by atoms with Gasteiger partial charge in [0.05, 0.1) is 5.41 Å². The van der Waals surface area contributed by atoms with Crippen LogP contribution in [-0.2, 0) is 14.4 Å². The molecule has 0 bridgehead atoms. The van der Waals surface area contributed by atoms with E-state index in [0.29, 0.717) is 19.4 Å². The molecule has 1 fully saturated rings. The maximum atomic E-state index is 12.1. The molecule has 0 aliphatic carbocycles. The number of carbonyl (C=O) groups excluding carboxylic acids is 2. The minimum atomic E-state index is -0.791. The van der Waals surface area contributed by atoms with E-state index in [1.165, 1.54) is 4.90 Å². The van der Waals surface area contributed by atoms with Gasteiger partial charge in [-0.05, 0) is 18.8 Å². The predicted octanol–water partition coefficient (Wildman–Crippen LogP) is 2.44. The summed E-state index contributed by atoms with van der Waals surface area (Å²) in [5, 5.41) is 8.74. The molecule has 1 N–H and O–H groups in total. The zero-order valence-corrected chi connectivity index (χ0v) is 12.6. The third-order valence-corrected chi connectivity index (χ3v) is 3.94. The number of imide groups is 1. The van der Waals surface area contributed by atoms with E-state index >= 15 is 0 Å². The Labute approximate surface area is 120 Å². The molecule has 20 heavy (non-hydrogen) atoms. The van der Waals surface area contributed by atoms with Crippen LogP contribution in [0.3, 0.4) is 0 Å². The van der Waals surface area contributed by atoms with Gasteiger partial charge in [0, 0.05) is 19.4 Å². The molecule has 1 aliphatic heterocycles. The van der Waals surface area contributed by atoms with Crippen LogP contribution in [0, 0.1) is 11.3 Å². The van der Waals surface area contributed by atoms with E-state index in [1.54, 1.807) is 13.8 Å². The Kier molecular flexibility index (Phi) is 5.72. The van der Waals surface area contributed by atoms with Gasteiger partial charge in [-0.1, -0.05) is 33.6 Å². The molecule has 1 heterocycles. The van der Waals surface area contributed by atoms with Gasteiger partial charge < -0.3 is 5.11 Å². The highest BCUT2D eigenvalue weighted by atomic mass is 16.4. The van der Waals surface area contributed by atoms with Crippen molar-refractivity contribution in [3.05, 3.63) is 0 Å². The van der Waals surface area contributed by atoms with E-state index < -0.39 is 11.4 Å². The minimum absolute atomic E-state index is 0.101. The van der Waals surface area contributed by atoms with Crippen LogP contribution in [0.1, 0.15) is 59.3 Å². The van der Waals surface area contributed by atoms with Crippen molar-refractivity contribution >= 4 is 17.8 Å². The Bertz CT molecular complexity index is 389. The second-order valence-corrected chi connectivity index (χ2v) is 6.29. The molecule has 5 nitrogen and oxygen atoms in total. The molecule has 0 radical (unpaired) electrons. The molecule has 5 heteroatoms. The number of likely N-dealkylation sites (tertiary alicyclic amines) is 1. The van der Waals surface area contributed by atoms with Crippen LogP contribution in [0.2, 0.25) is 0 Å². The molecule has 0 aromatic rings. The summed E-state index contributed by atoms with van der Waals surface area (Å²) in [5.74, 6) is -0.731. The summed E-state index contributed by atoms with van der Waals surface area (Å²) in [7, 11) is 0. The summed E-state index contributed by atoms with van der Waals surface area (Å²) in [6.45, 7) is 6.07. The van der Waals surface area contributed by atoms with Crippen molar-refractivity contribution in [3.8, 4) is 0 Å². The summed E-state index contributed by atoms with van der Waals surface area (Å²) in [6, 6.07) is 0. The molecule has 114 valence electrons. The third kappa shape index (κ3) is 4.32. The summed E-state index contributed by atoms with van der Waals surface area (Å²) in [5.41, 5.74) is -0.585. The van der Waals surface area contributed by atoms with Crippen molar-refractivity contribution in [1.29, 1.82) is 0 Å². The predicted molar refractivity (Wildman–Crippen MR) is 75.0 cm³/mol. The van der Waals surface area contributed by atoms with Crippen molar-refractivity contribution in [1.82, 2.24) is 4.90 Å². The van der Waals surface area contributed by atoms with Crippen molar-refractivity contribution in [2.45, 2.75) is 59.3 Å². The highest BCUT2D eigenvalue weighted by Gasteiger charge is 2.44. The maximum absolute atomic E-state index is 12.1. The molecule has 0 saturated carbocycles. The van der Waals surface area contributed by atoms with E-state index in [1.807, 2.05) is 0 Å². The normalized spacial score (nSPS) is 19.4. The number of hydrogen-bond acceptors (Lipinski definition) is 3. The number of amides is 2. The lowest BCUT2D eigenvalue weighted by atomic mass is 9.92. The molecule has 0 aromatic carbocycles. The van der Waals surface area contributed by atoms with Gasteiger partial charge in [0.1, 0.15) is 0 Å². The van der Waals surface area contributed by atoms with Gasteiger partial charge in [0.25, 0.3) is 0 Å². The van der Waals surface area contributed by atoms with Crippen molar-refractivity contribution < 1.29 is 19.5 Å². The fraction of sp³-hybridized carbons (Fsp3) is 0.800. The third-order valence-electron chi connectivity index (χ3n) is 3.94. The van der Waals surface area contributed by atoms with Crippen LogP contribution in [0.15, 0.2) is 0 Å². The quantitative estimate of drug-likeness (QED) is 0.694. The zero-order valence-electron chi connectivity index (χ0n) is 12.6. The van der Waals surface area contributed by atoms with Crippen LogP contribution < -0.4 is 0 Å². The Morgan fingerprint density at radius 2 is 1.95 bits per heavy atom. The van der Waals surface area contributed by atoms with Crippen LogP contribution in [-0.4, -0.2) is 34.3 Å². The number of hydrogen-bond donors (Lipinski definition) is 1. The molecule has 1 saturated heterocycles. The van der Waals surface area contributed by atoms with Crippen molar-refractivity contribution in [3.63, 3.8) is 0 Å². The molecular weight excluding hydrogens is 258 g/mol. The largest absolute Gasteiger partial charge is 0.481 e. The fourth-order valence-corrected chi connectivity index (χ4v) is 2.73. The monoisotopic (exact) mass is 283 g/mol. The molecule has 1 unspecified atom stereocenters. The molecule has 1 atom stereocenters. The second kappa shape index (κ2) is 6.86. The van der Waals surface area contributed by atoms with Gasteiger partial charge in [-0.25, -0.2) is 0 Å². The average molecular weight is 283 g/mol. The molecule has 0 aromatic heterocycles. The first-order chi connectivity index (χ1) is 9.27. The number of rotatable bonds is 8. The number of carboxylic acids is 1. The Balaban J connectivity index is 2.52. The standard InChI is InChI=1S/C15H25NO4/c1-4-5-11(6-7-13(18)19)8-9-16-12(17)10-15(2,3)14(16)20/h11H,4-10H2,1-3H3,(H,18,19). The number of carbonyl (C=O) groups is 3. The van der Waals surface area contributed by atoms with E-state index in [4.69, 9.17) is 5.11 Å². The maximum Gasteiger partial charge on any atom is 0.303 e. The van der Waals surface area contributed by atoms with Crippen LogP contribution in [0.5, 0.6) is 0 Å². The van der Waals surface area contributed by atoms with Crippen LogP contribution in [0.25, 0.3) is 0 Å². The first-order valence-corrected chi connectivity index (χ1v) is 7.34. The van der Waals surface area contributed by atoms with Crippen molar-refractivity contribution in [2.24, 2.45) is 11.3 Å². The number of nitrogens with zero attached hydrogens (tertiary/aromatic N) is 1. The lowest BCUT2D eigenvalue weighted by Gasteiger charge is -2.21. The first kappa shape index (κ1) is 16.7. The topological polar surface area (TPSA) is 74.7 Å². The minimum Gasteiger partial charge on any atom is -0.481 e. The summed E-state index contributed by atoms with van der Waals surface area (Å²) >= 11 is 0. The van der Waals surface area contributed by atoms with Crippen molar-refractivity contribution in [2.75, 3.05) is 6.54 Å². The number of aliphatic carboxylic acids is 1. The summed E-state index contributed by atoms with van der Waals surface area (Å²) in [4.78, 5) is 35.9. The Morgan fingerprint density at radius 1 is 1.30 bits per heavy atom. The molecule has 2 amide bonds. The van der Waals surface area contributed by atoms with Gasteiger partial charge in [0.2, 0.25) is 11.8 Å². The van der Waals surface area contributed by atoms with E-state index in [0.717, 1.165) is 12.8 Å². The lowest BCUT2D eigenvalue weighted by molar-refractivity contribution is -0.141. The summed E-state index contributed by atoms with van der Waals surface area (Å²) in [6.07, 6.45) is 3.67. The van der Waals surface area contributed by atoms with Gasteiger partial charge in [-0.2, -0.15) is 0 Å². The molecule has 0 spiro atoms. The van der Waals surface area contributed by atoms with Gasteiger partial charge in [-0.3, -0.25) is 19.3 Å². The fourth-order valence-electron chi connectivity index (χ4n) is 2.73. The first-order valence-electron chi connectivity index (χ1n) is 7.34. The van der Waals surface area contributed by atoms with E-state index in [9.17, 15) is 14.4 Å². The number of carboxylic acid groups (broad SMARTS) is 1. The second-order valence-electron chi connectivity index (χ2n) is 6.29. The van der Waals surface area contributed by atoms with Crippen LogP contribution in [0.4, 0.5) is 0 Å². The molecule has 1 rings (SSSR count). The Hall–Kier alpha value is -1.39.